The zero-order valence-corrected chi connectivity index (χ0v) is 13.9. The Morgan fingerprint density at radius 1 is 1.43 bits per heavy atom. The molecule has 2 aromatic rings. The molecule has 0 radical (unpaired) electrons. The van der Waals surface area contributed by atoms with Gasteiger partial charge in [-0.05, 0) is 38.3 Å². The number of nitrogens with one attached hydrogen (secondary N) is 1. The van der Waals surface area contributed by atoms with Gasteiger partial charge in [0, 0.05) is 12.1 Å². The Bertz CT molecular complexity index is 579. The lowest BCUT2D eigenvalue weighted by Gasteiger charge is -2.20. The first-order valence-corrected chi connectivity index (χ1v) is 7.62. The molecular formula is C14H20Cl2N4O. The topological polar surface area (TPSA) is 46.2 Å². The number of aromatic nitrogens is 2. The monoisotopic (exact) mass is 330 g/mol. The maximum atomic E-state index is 6.35. The third-order valence-electron chi connectivity index (χ3n) is 3.23. The Balaban J connectivity index is 2.36. The van der Waals surface area contributed by atoms with Crippen LogP contribution < -0.4 is 5.32 Å². The maximum Gasteiger partial charge on any atom is 0.198 e. The van der Waals surface area contributed by atoms with Crippen LogP contribution in [0, 0.1) is 0 Å². The van der Waals surface area contributed by atoms with E-state index in [1.54, 1.807) is 12.5 Å². The van der Waals surface area contributed by atoms with Crippen LogP contribution in [0.3, 0.4) is 0 Å². The Morgan fingerprint density at radius 2 is 2.19 bits per heavy atom. The van der Waals surface area contributed by atoms with Crippen molar-refractivity contribution in [1.29, 1.82) is 0 Å². The predicted molar refractivity (Wildman–Crippen MR) is 85.0 cm³/mol. The molecule has 0 aliphatic rings. The van der Waals surface area contributed by atoms with Crippen molar-refractivity contribution in [3.05, 3.63) is 40.0 Å². The highest BCUT2D eigenvalue weighted by molar-refractivity contribution is 6.31. The van der Waals surface area contributed by atoms with Crippen molar-refractivity contribution in [2.45, 2.75) is 19.5 Å². The van der Waals surface area contributed by atoms with E-state index in [1.807, 2.05) is 31.8 Å². The number of halogens is 2. The summed E-state index contributed by atoms with van der Waals surface area (Å²) in [7, 11) is 4.05. The van der Waals surface area contributed by atoms with Crippen molar-refractivity contribution in [3.63, 3.8) is 0 Å². The van der Waals surface area contributed by atoms with Crippen LogP contribution in [0.4, 0.5) is 0 Å². The average Bonchev–Trinajstić information content (AvgIpc) is 3.00. The summed E-state index contributed by atoms with van der Waals surface area (Å²) in [5, 5.41) is 8.76. The maximum absolute atomic E-state index is 6.35. The van der Waals surface area contributed by atoms with Crippen molar-refractivity contribution >= 4 is 23.2 Å². The van der Waals surface area contributed by atoms with Gasteiger partial charge in [0.1, 0.15) is 0 Å². The normalized spacial score (nSPS) is 13.0. The largest absolute Gasteiger partial charge is 0.453 e. The molecule has 1 N–H and O–H groups in total. The van der Waals surface area contributed by atoms with E-state index in [4.69, 9.17) is 27.6 Å². The van der Waals surface area contributed by atoms with E-state index in [-0.39, 0.29) is 6.04 Å². The predicted octanol–water partition coefficient (Wildman–Crippen LogP) is 3.04. The van der Waals surface area contributed by atoms with Gasteiger partial charge >= 0.3 is 0 Å². The molecule has 0 aliphatic heterocycles. The molecule has 0 saturated heterocycles. The van der Waals surface area contributed by atoms with Gasteiger partial charge in [0.05, 0.1) is 35.8 Å². The van der Waals surface area contributed by atoms with E-state index < -0.39 is 0 Å². The molecule has 7 heteroatoms. The number of hydrogen-bond acceptors (Lipinski definition) is 4. The number of nitrogens with zero attached hydrogens (tertiary/aromatic N) is 3. The molecule has 0 saturated carbocycles. The van der Waals surface area contributed by atoms with Gasteiger partial charge in [0.2, 0.25) is 0 Å². The lowest BCUT2D eigenvalue weighted by atomic mass is 10.1. The van der Waals surface area contributed by atoms with E-state index in [9.17, 15) is 0 Å². The summed E-state index contributed by atoms with van der Waals surface area (Å²) in [6, 6.07) is 1.72. The van der Waals surface area contributed by atoms with Gasteiger partial charge in [0.25, 0.3) is 0 Å². The summed E-state index contributed by atoms with van der Waals surface area (Å²) in [5.41, 5.74) is 1.77. The molecule has 0 amide bonds. The molecule has 0 aromatic carbocycles. The molecule has 0 fully saturated rings. The highest BCUT2D eigenvalue weighted by Gasteiger charge is 2.24. The van der Waals surface area contributed by atoms with Gasteiger partial charge in [-0.2, -0.15) is 5.10 Å². The molecule has 1 unspecified atom stereocenters. The molecule has 5 nitrogen and oxygen atoms in total. The summed E-state index contributed by atoms with van der Waals surface area (Å²) in [6.45, 7) is 4.45. The lowest BCUT2D eigenvalue weighted by molar-refractivity contribution is 0.365. The van der Waals surface area contributed by atoms with Gasteiger partial charge in [-0.3, -0.25) is 4.68 Å². The third kappa shape index (κ3) is 3.80. The summed E-state index contributed by atoms with van der Waals surface area (Å²) < 4.78 is 7.13. The molecular weight excluding hydrogens is 311 g/mol. The van der Waals surface area contributed by atoms with E-state index in [0.717, 1.165) is 30.9 Å². The second kappa shape index (κ2) is 7.31. The lowest BCUT2D eigenvalue weighted by Crippen LogP contribution is -2.27. The Kier molecular flexibility index (Phi) is 5.70. The first kappa shape index (κ1) is 16.4. The summed E-state index contributed by atoms with van der Waals surface area (Å²) >= 11 is 12.5. The second-order valence-electron chi connectivity index (χ2n) is 5.04. The second-order valence-corrected chi connectivity index (χ2v) is 5.79. The van der Waals surface area contributed by atoms with Crippen LogP contribution in [0.1, 0.15) is 24.2 Å². The molecule has 2 aromatic heterocycles. The van der Waals surface area contributed by atoms with Crippen LogP contribution in [-0.4, -0.2) is 41.9 Å². The van der Waals surface area contributed by atoms with E-state index in [0.29, 0.717) is 10.2 Å². The van der Waals surface area contributed by atoms with Crippen molar-refractivity contribution < 1.29 is 4.42 Å². The molecule has 2 heterocycles. The number of likely N-dealkylation sites (N-methyl/N-ethyl adjacent to an activating group) is 1. The standard InChI is InChI=1S/C14H20Cl2N4O/c1-4-17-12(10-5-8-21-14(10)16)13-11(15)9-18-20(13)7-6-19(2)3/h5,8-9,12,17H,4,6-7H2,1-3H3. The number of hydrogen-bond donors (Lipinski definition) is 1. The quantitative estimate of drug-likeness (QED) is 0.847. The Morgan fingerprint density at radius 3 is 2.76 bits per heavy atom. The zero-order chi connectivity index (χ0) is 15.4. The molecule has 21 heavy (non-hydrogen) atoms. The van der Waals surface area contributed by atoms with Crippen molar-refractivity contribution in [2.75, 3.05) is 27.2 Å². The van der Waals surface area contributed by atoms with Gasteiger partial charge in [-0.15, -0.1) is 0 Å². The van der Waals surface area contributed by atoms with Gasteiger partial charge in [-0.1, -0.05) is 18.5 Å². The number of furan rings is 1. The summed E-state index contributed by atoms with van der Waals surface area (Å²) in [6.07, 6.45) is 3.25. The fourth-order valence-electron chi connectivity index (χ4n) is 2.20. The van der Waals surface area contributed by atoms with Crippen molar-refractivity contribution in [3.8, 4) is 0 Å². The van der Waals surface area contributed by atoms with Crippen LogP contribution in [0.15, 0.2) is 22.9 Å². The van der Waals surface area contributed by atoms with Crippen LogP contribution >= 0.6 is 23.2 Å². The fraction of sp³-hybridized carbons (Fsp3) is 0.500. The SMILES string of the molecule is CCNC(c1ccoc1Cl)c1c(Cl)cnn1CCN(C)C. The van der Waals surface area contributed by atoms with Crippen LogP contribution in [0.25, 0.3) is 0 Å². The first-order chi connectivity index (χ1) is 10.0. The summed E-state index contributed by atoms with van der Waals surface area (Å²) in [5.74, 6) is 0. The molecule has 0 bridgehead atoms. The van der Waals surface area contributed by atoms with Crippen LogP contribution in [0.5, 0.6) is 0 Å². The molecule has 0 aliphatic carbocycles. The van der Waals surface area contributed by atoms with Crippen LogP contribution in [0.2, 0.25) is 10.2 Å². The molecule has 0 spiro atoms. The fourth-order valence-corrected chi connectivity index (χ4v) is 2.67. The highest BCUT2D eigenvalue weighted by Crippen LogP contribution is 2.32. The van der Waals surface area contributed by atoms with E-state index in [1.165, 1.54) is 0 Å². The van der Waals surface area contributed by atoms with E-state index in [2.05, 4.69) is 15.3 Å². The first-order valence-electron chi connectivity index (χ1n) is 6.86. The average molecular weight is 331 g/mol. The van der Waals surface area contributed by atoms with Crippen molar-refractivity contribution in [2.24, 2.45) is 0 Å². The molecule has 116 valence electrons. The minimum atomic E-state index is -0.140. The smallest absolute Gasteiger partial charge is 0.198 e. The minimum Gasteiger partial charge on any atom is -0.453 e. The van der Waals surface area contributed by atoms with Gasteiger partial charge in [-0.25, -0.2) is 0 Å². The molecule has 2 rings (SSSR count). The Hall–Kier alpha value is -1.01. The Labute approximate surface area is 134 Å². The van der Waals surface area contributed by atoms with Gasteiger partial charge in [0.15, 0.2) is 5.22 Å². The van der Waals surface area contributed by atoms with Gasteiger partial charge < -0.3 is 14.6 Å². The minimum absolute atomic E-state index is 0.140. The van der Waals surface area contributed by atoms with E-state index >= 15 is 0 Å². The highest BCUT2D eigenvalue weighted by atomic mass is 35.5. The molecule has 1 atom stereocenters. The summed E-state index contributed by atoms with van der Waals surface area (Å²) in [4.78, 5) is 2.10. The third-order valence-corrected chi connectivity index (χ3v) is 3.83. The van der Waals surface area contributed by atoms with Crippen molar-refractivity contribution in [1.82, 2.24) is 20.0 Å². The number of rotatable bonds is 7. The zero-order valence-electron chi connectivity index (χ0n) is 12.4. The van der Waals surface area contributed by atoms with Crippen LogP contribution in [-0.2, 0) is 6.54 Å².